The Morgan fingerprint density at radius 1 is 1.43 bits per heavy atom. The summed E-state index contributed by atoms with van der Waals surface area (Å²) in [4.78, 5) is 25.6. The van der Waals surface area contributed by atoms with Crippen molar-refractivity contribution in [1.82, 2.24) is 5.32 Å². The molecule has 0 saturated carbocycles. The summed E-state index contributed by atoms with van der Waals surface area (Å²) in [6, 6.07) is 6.64. The van der Waals surface area contributed by atoms with Crippen LogP contribution in [0.5, 0.6) is 0 Å². The number of hydrogen-bond acceptors (Lipinski definition) is 3. The summed E-state index contributed by atoms with van der Waals surface area (Å²) < 4.78 is 0. The average Bonchev–Trinajstić information content (AvgIpc) is 2.47. The van der Waals surface area contributed by atoms with Crippen molar-refractivity contribution >= 4 is 35.7 Å². The molecule has 1 saturated heterocycles. The molecule has 0 aromatic heterocycles. The lowest BCUT2D eigenvalue weighted by molar-refractivity contribution is -0.117. The van der Waals surface area contributed by atoms with Crippen LogP contribution in [0.25, 0.3) is 0 Å². The van der Waals surface area contributed by atoms with E-state index in [1.54, 1.807) is 17.0 Å². The lowest BCUT2D eigenvalue weighted by atomic mass is 10.0. The highest BCUT2D eigenvalue weighted by atomic mass is 35.5. The number of anilines is 2. The van der Waals surface area contributed by atoms with Crippen molar-refractivity contribution in [3.05, 3.63) is 24.3 Å². The molecule has 1 fully saturated rings. The van der Waals surface area contributed by atoms with E-state index in [-0.39, 0.29) is 24.3 Å². The van der Waals surface area contributed by atoms with E-state index in [1.807, 2.05) is 26.0 Å². The molecule has 7 heteroatoms. The van der Waals surface area contributed by atoms with Crippen molar-refractivity contribution in [3.63, 3.8) is 0 Å². The summed E-state index contributed by atoms with van der Waals surface area (Å²) in [5, 5.41) is 5.63. The second-order valence-corrected chi connectivity index (χ2v) is 6.01. The van der Waals surface area contributed by atoms with Gasteiger partial charge >= 0.3 is 6.03 Å². The van der Waals surface area contributed by atoms with E-state index < -0.39 is 6.04 Å². The molecular weight excluding hydrogens is 316 g/mol. The summed E-state index contributed by atoms with van der Waals surface area (Å²) in [6.45, 7) is 5.44. The molecule has 0 aliphatic carbocycles. The van der Waals surface area contributed by atoms with E-state index in [4.69, 9.17) is 5.73 Å². The van der Waals surface area contributed by atoms with Crippen molar-refractivity contribution in [2.75, 3.05) is 23.3 Å². The van der Waals surface area contributed by atoms with Gasteiger partial charge < -0.3 is 16.4 Å². The molecule has 0 spiro atoms. The fraction of sp³-hybridized carbons (Fsp3) is 0.500. The Morgan fingerprint density at radius 2 is 2.17 bits per heavy atom. The zero-order valence-corrected chi connectivity index (χ0v) is 14.4. The second-order valence-electron chi connectivity index (χ2n) is 6.01. The second kappa shape index (κ2) is 8.74. The van der Waals surface area contributed by atoms with Crippen LogP contribution in [0.2, 0.25) is 0 Å². The average molecular weight is 341 g/mol. The van der Waals surface area contributed by atoms with Gasteiger partial charge in [0, 0.05) is 24.5 Å². The van der Waals surface area contributed by atoms with Gasteiger partial charge in [0.15, 0.2) is 0 Å². The maximum Gasteiger partial charge on any atom is 0.321 e. The number of carbonyl (C=O) groups excluding carboxylic acids is 2. The zero-order chi connectivity index (χ0) is 16.1. The van der Waals surface area contributed by atoms with Crippen LogP contribution in [0.1, 0.15) is 26.7 Å². The number of rotatable bonds is 5. The summed E-state index contributed by atoms with van der Waals surface area (Å²) in [7, 11) is 0. The fourth-order valence-corrected chi connectivity index (χ4v) is 2.48. The van der Waals surface area contributed by atoms with Gasteiger partial charge in [0.25, 0.3) is 0 Å². The van der Waals surface area contributed by atoms with Crippen LogP contribution in [-0.4, -0.2) is 31.1 Å². The molecule has 2 rings (SSSR count). The normalized spacial score (nSPS) is 15.7. The minimum atomic E-state index is -0.526. The molecule has 1 heterocycles. The molecule has 23 heavy (non-hydrogen) atoms. The van der Waals surface area contributed by atoms with Crippen LogP contribution in [0.15, 0.2) is 24.3 Å². The minimum absolute atomic E-state index is 0. The van der Waals surface area contributed by atoms with Crippen molar-refractivity contribution < 1.29 is 9.59 Å². The van der Waals surface area contributed by atoms with E-state index in [9.17, 15) is 9.59 Å². The fourth-order valence-electron chi connectivity index (χ4n) is 2.48. The number of halogens is 1. The molecular formula is C16H25ClN4O2. The van der Waals surface area contributed by atoms with E-state index >= 15 is 0 Å². The number of amides is 3. The van der Waals surface area contributed by atoms with Gasteiger partial charge in [0.05, 0.1) is 6.04 Å². The smallest absolute Gasteiger partial charge is 0.321 e. The predicted octanol–water partition coefficient (Wildman–Crippen LogP) is 2.34. The van der Waals surface area contributed by atoms with Crippen LogP contribution in [0, 0.1) is 5.92 Å². The molecule has 0 bridgehead atoms. The minimum Gasteiger partial charge on any atom is -0.338 e. The largest absolute Gasteiger partial charge is 0.338 e. The van der Waals surface area contributed by atoms with Gasteiger partial charge in [0.1, 0.15) is 0 Å². The van der Waals surface area contributed by atoms with E-state index in [0.717, 1.165) is 12.1 Å². The lowest BCUT2D eigenvalue weighted by Crippen LogP contribution is -2.46. The summed E-state index contributed by atoms with van der Waals surface area (Å²) >= 11 is 0. The number of benzene rings is 1. The number of urea groups is 1. The standard InChI is InChI=1S/C16H24N4O2.ClH/c1-11(2)9-14(17)15(21)19-12-5-3-6-13(10-12)20-8-4-7-18-16(20)22;/h3,5-6,10-11,14H,4,7-9,17H2,1-2H3,(H,18,22)(H,19,21);1H/t14-;/m0./s1. The molecule has 1 aromatic rings. The predicted molar refractivity (Wildman–Crippen MR) is 95.1 cm³/mol. The Bertz CT molecular complexity index is 551. The van der Waals surface area contributed by atoms with Crippen LogP contribution in [0.4, 0.5) is 16.2 Å². The maximum absolute atomic E-state index is 12.1. The Morgan fingerprint density at radius 3 is 2.83 bits per heavy atom. The number of hydrogen-bond donors (Lipinski definition) is 3. The maximum atomic E-state index is 12.1. The Hall–Kier alpha value is -1.79. The van der Waals surface area contributed by atoms with Gasteiger partial charge in [0.2, 0.25) is 5.91 Å². The van der Waals surface area contributed by atoms with Crippen LogP contribution >= 0.6 is 12.4 Å². The van der Waals surface area contributed by atoms with Gasteiger partial charge in [-0.1, -0.05) is 19.9 Å². The van der Waals surface area contributed by atoms with Crippen molar-refractivity contribution in [2.45, 2.75) is 32.7 Å². The Balaban J connectivity index is 0.00000264. The summed E-state index contributed by atoms with van der Waals surface area (Å²) in [5.74, 6) is 0.165. The van der Waals surface area contributed by atoms with Gasteiger partial charge in [-0.25, -0.2) is 4.79 Å². The summed E-state index contributed by atoms with van der Waals surface area (Å²) in [6.07, 6.45) is 1.54. The van der Waals surface area contributed by atoms with E-state index in [1.165, 1.54) is 0 Å². The molecule has 1 aliphatic rings. The molecule has 6 nitrogen and oxygen atoms in total. The third-order valence-corrected chi connectivity index (χ3v) is 3.57. The molecule has 1 atom stereocenters. The first-order chi connectivity index (χ1) is 10.5. The summed E-state index contributed by atoms with van der Waals surface area (Å²) in [5.41, 5.74) is 7.31. The number of nitrogens with two attached hydrogens (primary N) is 1. The zero-order valence-electron chi connectivity index (χ0n) is 13.5. The van der Waals surface area contributed by atoms with E-state index in [2.05, 4.69) is 10.6 Å². The third-order valence-electron chi connectivity index (χ3n) is 3.57. The van der Waals surface area contributed by atoms with Crippen molar-refractivity contribution in [3.8, 4) is 0 Å². The first kappa shape index (κ1) is 19.3. The molecule has 4 N–H and O–H groups in total. The van der Waals surface area contributed by atoms with Gasteiger partial charge in [-0.3, -0.25) is 9.69 Å². The quantitative estimate of drug-likeness (QED) is 0.768. The van der Waals surface area contributed by atoms with Gasteiger partial charge in [-0.15, -0.1) is 12.4 Å². The Labute approximate surface area is 143 Å². The van der Waals surface area contributed by atoms with Gasteiger partial charge in [-0.05, 0) is 37.0 Å². The number of nitrogens with one attached hydrogen (secondary N) is 2. The molecule has 0 radical (unpaired) electrons. The highest BCUT2D eigenvalue weighted by Crippen LogP contribution is 2.21. The third kappa shape index (κ3) is 5.41. The van der Waals surface area contributed by atoms with Crippen molar-refractivity contribution in [1.29, 1.82) is 0 Å². The van der Waals surface area contributed by atoms with Crippen LogP contribution in [0.3, 0.4) is 0 Å². The van der Waals surface area contributed by atoms with Crippen molar-refractivity contribution in [2.24, 2.45) is 11.7 Å². The molecule has 128 valence electrons. The topological polar surface area (TPSA) is 87.5 Å². The first-order valence-electron chi connectivity index (χ1n) is 7.69. The monoisotopic (exact) mass is 340 g/mol. The number of nitrogens with zero attached hydrogens (tertiary/aromatic N) is 1. The molecule has 1 aliphatic heterocycles. The Kier molecular flexibility index (Phi) is 7.32. The lowest BCUT2D eigenvalue weighted by Gasteiger charge is -2.27. The van der Waals surface area contributed by atoms with Crippen LogP contribution < -0.4 is 21.3 Å². The van der Waals surface area contributed by atoms with Crippen LogP contribution in [-0.2, 0) is 4.79 Å². The highest BCUT2D eigenvalue weighted by Gasteiger charge is 2.20. The molecule has 0 unspecified atom stereocenters. The first-order valence-corrected chi connectivity index (χ1v) is 7.69. The molecule has 1 aromatic carbocycles. The molecule has 3 amide bonds. The van der Waals surface area contributed by atoms with E-state index in [0.29, 0.717) is 31.1 Å². The number of carbonyl (C=O) groups is 2. The SMILES string of the molecule is CC(C)C[C@H](N)C(=O)Nc1cccc(N2CCCNC2=O)c1.Cl. The van der Waals surface area contributed by atoms with Gasteiger partial charge in [-0.2, -0.15) is 0 Å². The highest BCUT2D eigenvalue weighted by molar-refractivity contribution is 5.97.